The maximum absolute atomic E-state index is 12.4. The molecule has 0 aromatic heterocycles. The monoisotopic (exact) mass is 2030 g/mol. The third-order valence-electron chi connectivity index (χ3n) is 17.0. The standard InChI is InChI=1S/C45H68O13P2Si8.C15H36O13Si8.C15H15P.Al.B.HN.2H2/c1-47-65(46,56-67(51-5,52-61-6)54-63(8,9)40-28-16-26-38-59(42-30-18-12-19-31-42)43-32-20-13-21-33-43)57-68(53-62-7,58-66(48-2,49-3)50-4)55-64(10,11)41-29-17-27-39-60(44-34-22-14-23-35-44)45-36-24-15-25-37-45;1-14-31(10,11)24-35(21-7,22-29-8)26-33(16,17-3)27-36(23-30-9,25-32(12,13)15-2)28-34(18-4,19-5)20-6;1-2-13-16(14-9-5-3-6-10-14)15-11-7-4-8-12-15;;;;;/h6-7,12-15,18-25,29-37,41,46H,16-17,26-28,38-40H2,1-5,8-11H3;8-9,14-16H,1-2H2,3-7,10-13H3;2-12H,1,13H2;;;3*1H/b41-29+;;;;;;;/t65-,67?,68?;33-,35?,36?;;;;;;/m00....../s1. The van der Waals surface area contributed by atoms with Crippen molar-refractivity contribution in [2.45, 2.75) is 90.5 Å². The van der Waals surface area contributed by atoms with Crippen LogP contribution in [0.3, 0.4) is 0 Å². The Kier molecular flexibility index (Phi) is 55.2. The fraction of sp³-hybridized carbons (Fsp3) is 0.360. The zero-order chi connectivity index (χ0) is 91.1. The third kappa shape index (κ3) is 39.8. The number of benzene rings is 6. The molecule has 3 N–H and O–H groups in total. The van der Waals surface area contributed by atoms with Crippen molar-refractivity contribution < 1.29 is 114 Å². The molecule has 670 valence electrons. The van der Waals surface area contributed by atoms with Crippen molar-refractivity contribution in [1.29, 1.82) is 4.35 Å². The summed E-state index contributed by atoms with van der Waals surface area (Å²) >= 11 is 1.67. The van der Waals surface area contributed by atoms with Gasteiger partial charge in [0.05, 0.1) is 0 Å². The number of nitrogens with one attached hydrogen (secondary N) is 1. The van der Waals surface area contributed by atoms with E-state index in [2.05, 4.69) is 196 Å². The average Bonchev–Trinajstić information content (AvgIpc) is 0.772. The summed E-state index contributed by atoms with van der Waals surface area (Å²) in [7, 11) is -37.9. The van der Waals surface area contributed by atoms with E-state index in [1.165, 1.54) is 95.8 Å². The molecule has 0 aliphatic heterocycles. The normalized spacial score (nSPS) is 14.8. The van der Waals surface area contributed by atoms with Crippen LogP contribution in [0, 0.1) is 28.3 Å². The summed E-state index contributed by atoms with van der Waals surface area (Å²) in [5.74, 6) is 0. The fourth-order valence-corrected chi connectivity index (χ4v) is 58.4. The number of hydrogen-bond donors (Lipinski definition) is 3. The van der Waals surface area contributed by atoms with Crippen LogP contribution in [-0.4, -0.2) is 266 Å². The van der Waals surface area contributed by atoms with Gasteiger partial charge in [-0.15, -0.1) is 43.7 Å². The molecular formula is C75H124AlBNO26P3Si16. The van der Waals surface area contributed by atoms with Crippen molar-refractivity contribution in [3.05, 3.63) is 231 Å². The molecule has 27 nitrogen and oxygen atoms in total. The van der Waals surface area contributed by atoms with E-state index in [1.807, 2.05) is 50.1 Å². The van der Waals surface area contributed by atoms with E-state index in [1.54, 1.807) is 53.7 Å². The van der Waals surface area contributed by atoms with Crippen LogP contribution in [0.25, 0.3) is 0 Å². The molecule has 6 aromatic rings. The van der Waals surface area contributed by atoms with Crippen molar-refractivity contribution in [3.63, 3.8) is 0 Å². The van der Waals surface area contributed by atoms with Gasteiger partial charge in [0.15, 0.2) is 8.32 Å². The first-order valence-corrected chi connectivity index (χ1v) is 72.4. The third-order valence-corrected chi connectivity index (χ3v) is 64.8. The van der Waals surface area contributed by atoms with Gasteiger partial charge in [0.1, 0.15) is 0 Å². The van der Waals surface area contributed by atoms with Gasteiger partial charge in [-0.25, -0.2) is 0 Å². The minimum absolute atomic E-state index is 0. The van der Waals surface area contributed by atoms with Crippen LogP contribution in [0.1, 0.15) is 35.0 Å². The first-order chi connectivity index (χ1) is 58.1. The average molecular weight is 2040 g/mol. The molecule has 6 rings (SSSR count). The first kappa shape index (κ1) is 116. The van der Waals surface area contributed by atoms with Crippen LogP contribution in [0.2, 0.25) is 58.4 Å². The number of hydrogen-bond acceptors (Lipinski definition) is 27. The van der Waals surface area contributed by atoms with E-state index >= 15 is 0 Å². The van der Waals surface area contributed by atoms with Crippen LogP contribution in [0.5, 0.6) is 0 Å². The van der Waals surface area contributed by atoms with Gasteiger partial charge in [-0.2, -0.15) is 0 Å². The second kappa shape index (κ2) is 58.6. The second-order valence-corrected chi connectivity index (χ2v) is 73.8. The molecule has 4 unspecified atom stereocenters. The van der Waals surface area contributed by atoms with E-state index in [9.17, 15) is 9.59 Å². The van der Waals surface area contributed by atoms with Gasteiger partial charge in [0.25, 0.3) is 0 Å². The zero-order valence-corrected chi connectivity index (χ0v) is 93.5. The van der Waals surface area contributed by atoms with Crippen LogP contribution in [-0.2, 0) is 102 Å². The molecule has 0 fully saturated rings. The molecule has 0 aliphatic rings. The van der Waals surface area contributed by atoms with Crippen LogP contribution in [0.15, 0.2) is 231 Å². The van der Waals surface area contributed by atoms with E-state index in [-0.39, 0.29) is 19.2 Å². The van der Waals surface area contributed by atoms with Gasteiger partial charge in [-0.1, -0.05) is 224 Å². The van der Waals surface area contributed by atoms with E-state index < -0.39 is 158 Å². The Morgan fingerprint density at radius 2 is 0.618 bits per heavy atom. The van der Waals surface area contributed by atoms with Crippen LogP contribution >= 0.6 is 23.8 Å². The molecule has 0 heterocycles. The summed E-state index contributed by atoms with van der Waals surface area (Å²) in [4.78, 5) is 23.8. The molecule has 0 spiro atoms. The van der Waals surface area contributed by atoms with E-state index in [4.69, 9.17) is 130 Å². The minimum atomic E-state index is -5.02. The Morgan fingerprint density at radius 3 is 0.902 bits per heavy atom. The Morgan fingerprint density at radius 1 is 0.350 bits per heavy atom. The van der Waals surface area contributed by atoms with Crippen molar-refractivity contribution in [1.82, 2.24) is 0 Å². The summed E-state index contributed by atoms with van der Waals surface area (Å²) in [5, 5.41) is 8.23. The fourth-order valence-electron chi connectivity index (χ4n) is 11.0. The first-order valence-electron chi connectivity index (χ1n) is 38.1. The molecule has 0 saturated heterocycles. The quantitative estimate of drug-likeness (QED) is 0.0138. The second-order valence-electron chi connectivity index (χ2n) is 27.5. The van der Waals surface area contributed by atoms with Crippen LogP contribution in [0.4, 0.5) is 0 Å². The van der Waals surface area contributed by atoms with Gasteiger partial charge >= 0.3 is 92.8 Å². The Labute approximate surface area is 770 Å². The summed E-state index contributed by atoms with van der Waals surface area (Å²) in [6.45, 7) is 26.5. The molecule has 0 bridgehead atoms. The SMILES string of the molecule is C#[Si]O[Si](OC)(O[Si](C)(C)C=C)O[Si@](O)(OC)O[Si](O[Si]#C)(O[Si](C)(C)C=C)O[Si](OC)(OC)OC.C#[Si]O[Si](OC)(O[Si](C)(C)CCCCCP(c1ccccc1)c1ccccc1)O[Si@](O)(OC)O[Si](O[Si]#C)(O[Si](C)(C)/C=C/CCCP(c1ccccc1)c1ccccc1)O[Si](OC)(OC)OC.C=CCP(c1ccccc1)c1ccccc1.[B].[HH].[HH].[NH]=[Al]. The summed E-state index contributed by atoms with van der Waals surface area (Å²) in [5.41, 5.74) is 5.21. The maximum atomic E-state index is 12.4. The topological polar surface area (TPSA) is 286 Å². The molecule has 6 aromatic carbocycles. The molecule has 123 heavy (non-hydrogen) atoms. The predicted molar refractivity (Wildman–Crippen MR) is 526 cm³/mol. The van der Waals surface area contributed by atoms with Crippen LogP contribution < -0.4 is 31.8 Å². The molecule has 4 radical (unpaired) electrons. The van der Waals surface area contributed by atoms with Gasteiger partial charge in [0, 0.05) is 82.4 Å². The molecule has 0 amide bonds. The van der Waals surface area contributed by atoms with Gasteiger partial charge in [0.2, 0.25) is 61.8 Å². The molecule has 48 heteroatoms. The van der Waals surface area contributed by atoms with Crippen molar-refractivity contribution in [2.24, 2.45) is 0 Å². The Hall–Kier alpha value is -3.12. The molecule has 0 saturated carbocycles. The predicted octanol–water partition coefficient (Wildman–Crippen LogP) is 10.9. The molecular weight excluding hydrogens is 1910 g/mol. The molecule has 0 aliphatic carbocycles. The van der Waals surface area contributed by atoms with Crippen molar-refractivity contribution >= 4 is 223 Å². The Bertz CT molecular complexity index is 4100. The van der Waals surface area contributed by atoms with Gasteiger partial charge < -0.3 is 111 Å². The summed E-state index contributed by atoms with van der Waals surface area (Å²) < 4.78 is 147. The van der Waals surface area contributed by atoms with Crippen molar-refractivity contribution in [2.75, 3.05) is 89.6 Å². The number of unbranched alkanes of at least 4 members (excludes halogenated alkanes) is 3. The van der Waals surface area contributed by atoms with E-state index in [0.717, 1.165) is 63.7 Å². The van der Waals surface area contributed by atoms with Gasteiger partial charge in [-0.05, 0) is 152 Å². The van der Waals surface area contributed by atoms with Crippen molar-refractivity contribution in [3.8, 4) is 24.0 Å². The summed E-state index contributed by atoms with van der Waals surface area (Å²) in [6.07, 6.45) is 11.8. The molecule has 6 atom stereocenters. The summed E-state index contributed by atoms with van der Waals surface area (Å²) in [6, 6.07) is 88.3. The zero-order valence-electron chi connectivity index (χ0n) is 73.7. The number of rotatable bonds is 55. The number of allylic oxidation sites excluding steroid dienone is 2. The van der Waals surface area contributed by atoms with E-state index in [0.29, 0.717) is 0 Å². The van der Waals surface area contributed by atoms with Gasteiger partial charge in [-0.3, -0.25) is 0 Å². The Balaban J connectivity index is 0.00000224.